The summed E-state index contributed by atoms with van der Waals surface area (Å²) in [6, 6.07) is 20.2. The predicted octanol–water partition coefficient (Wildman–Crippen LogP) is 3.69. The van der Waals surface area contributed by atoms with Crippen molar-refractivity contribution in [2.75, 3.05) is 46.9 Å². The number of carbonyl (C=O) groups is 5. The van der Waals surface area contributed by atoms with Crippen LogP contribution in [0.2, 0.25) is 5.02 Å². The summed E-state index contributed by atoms with van der Waals surface area (Å²) in [4.78, 5) is 67.6. The summed E-state index contributed by atoms with van der Waals surface area (Å²) in [7, 11) is 3.09. The van der Waals surface area contributed by atoms with Gasteiger partial charge in [-0.15, -0.1) is 0 Å². The molecule has 0 aliphatic heterocycles. The van der Waals surface area contributed by atoms with E-state index in [1.54, 1.807) is 74.6 Å². The standard InChI is InChI=1S/C45H56ClN7O8/c1-28(50-2)42(55)52-38(45(58)59)25-29-11-17-40(60-22-20-48)35(24-29)36-26-31(14-18-41(36)61-23-21-49)39(27-54)53(3)44(57)37(10-6-7-19-47)51-43(56)34-9-5-4-8-33(34)30-12-15-32(46)16-13-30/h4-5,8-9,11-18,24,26-28,37-39,50H,6-7,10,19-23,25,47-49H2,1-3H3,(H,51,56)(H,52,55)(H,58,59)/t28-,37-,38?,39?/m0/s1. The number of nitrogens with one attached hydrogen (secondary N) is 3. The number of amides is 3. The molecule has 326 valence electrons. The topological polar surface area (TPSA) is 241 Å². The van der Waals surface area contributed by atoms with Gasteiger partial charge in [0.1, 0.15) is 49.1 Å². The fourth-order valence-electron chi connectivity index (χ4n) is 6.63. The molecule has 0 aliphatic carbocycles. The molecule has 61 heavy (non-hydrogen) atoms. The quantitative estimate of drug-likeness (QED) is 0.0395. The molecule has 0 heterocycles. The molecular weight excluding hydrogens is 802 g/mol. The molecule has 2 unspecified atom stereocenters. The Labute approximate surface area is 361 Å². The predicted molar refractivity (Wildman–Crippen MR) is 235 cm³/mol. The first-order valence-corrected chi connectivity index (χ1v) is 20.5. The SMILES string of the molecule is CN[C@@H](C)C(=O)NC(Cc1ccc(OCCN)c(-c2cc(C(C=O)N(C)C(=O)[C@H](CCCCN)NC(=O)c3ccccc3-c3ccc(Cl)cc3)ccc2OCCN)c1)C(=O)O. The zero-order valence-corrected chi connectivity index (χ0v) is 35.5. The first kappa shape index (κ1) is 47.8. The van der Waals surface area contributed by atoms with Gasteiger partial charge in [0.05, 0.1) is 6.04 Å². The van der Waals surface area contributed by atoms with Gasteiger partial charge in [0, 0.05) is 48.3 Å². The molecule has 0 radical (unpaired) electrons. The molecule has 4 aromatic carbocycles. The van der Waals surface area contributed by atoms with E-state index >= 15 is 0 Å². The van der Waals surface area contributed by atoms with Gasteiger partial charge >= 0.3 is 5.97 Å². The maximum absolute atomic E-state index is 14.4. The second kappa shape index (κ2) is 23.8. The van der Waals surface area contributed by atoms with Gasteiger partial charge in [-0.2, -0.15) is 0 Å². The van der Waals surface area contributed by atoms with Crippen LogP contribution in [0.4, 0.5) is 0 Å². The number of nitrogens with two attached hydrogens (primary N) is 3. The van der Waals surface area contributed by atoms with Crippen molar-refractivity contribution in [1.29, 1.82) is 0 Å². The minimum absolute atomic E-state index is 0.0734. The Balaban J connectivity index is 1.73. The van der Waals surface area contributed by atoms with Gasteiger partial charge in [-0.3, -0.25) is 14.4 Å². The van der Waals surface area contributed by atoms with E-state index < -0.39 is 47.9 Å². The van der Waals surface area contributed by atoms with Crippen molar-refractivity contribution in [2.24, 2.45) is 17.2 Å². The molecular formula is C45H56ClN7O8. The van der Waals surface area contributed by atoms with E-state index in [-0.39, 0.29) is 39.1 Å². The number of benzene rings is 4. The number of halogens is 1. The van der Waals surface area contributed by atoms with Crippen LogP contribution in [0.5, 0.6) is 11.5 Å². The van der Waals surface area contributed by atoms with E-state index in [0.717, 1.165) is 5.56 Å². The molecule has 0 saturated heterocycles. The van der Waals surface area contributed by atoms with Crippen LogP contribution in [-0.4, -0.2) is 105 Å². The lowest BCUT2D eigenvalue weighted by atomic mass is 9.94. The highest BCUT2D eigenvalue weighted by Crippen LogP contribution is 2.40. The number of likely N-dealkylation sites (N-methyl/N-ethyl adjacent to an activating group) is 2. The van der Waals surface area contributed by atoms with Crippen molar-refractivity contribution < 1.29 is 38.6 Å². The lowest BCUT2D eigenvalue weighted by molar-refractivity contribution is -0.142. The van der Waals surface area contributed by atoms with Crippen LogP contribution in [0.25, 0.3) is 22.3 Å². The van der Waals surface area contributed by atoms with Gasteiger partial charge < -0.3 is 57.4 Å². The van der Waals surface area contributed by atoms with Crippen LogP contribution >= 0.6 is 11.6 Å². The second-order valence-corrected chi connectivity index (χ2v) is 14.8. The van der Waals surface area contributed by atoms with E-state index in [0.29, 0.717) is 75.6 Å². The normalized spacial score (nSPS) is 13.0. The van der Waals surface area contributed by atoms with Crippen LogP contribution in [0.3, 0.4) is 0 Å². The maximum atomic E-state index is 14.4. The lowest BCUT2D eigenvalue weighted by Gasteiger charge is -2.30. The number of rotatable bonds is 24. The monoisotopic (exact) mass is 857 g/mol. The Morgan fingerprint density at radius 2 is 1.44 bits per heavy atom. The van der Waals surface area contributed by atoms with Crippen molar-refractivity contribution in [3.05, 3.63) is 107 Å². The van der Waals surface area contributed by atoms with E-state index in [1.165, 1.54) is 11.9 Å². The van der Waals surface area contributed by atoms with Gasteiger partial charge in [-0.05, 0) is 104 Å². The Hall–Kier alpha value is -5.84. The van der Waals surface area contributed by atoms with Crippen LogP contribution in [-0.2, 0) is 25.6 Å². The molecule has 16 heteroatoms. The molecule has 0 fully saturated rings. The first-order valence-electron chi connectivity index (χ1n) is 20.1. The lowest BCUT2D eigenvalue weighted by Crippen LogP contribution is -2.49. The molecule has 0 aromatic heterocycles. The molecule has 0 bridgehead atoms. The molecule has 4 aromatic rings. The van der Waals surface area contributed by atoms with E-state index in [2.05, 4.69) is 16.0 Å². The fourth-order valence-corrected chi connectivity index (χ4v) is 6.76. The number of aldehydes is 1. The number of carboxylic acid groups (broad SMARTS) is 1. The zero-order valence-electron chi connectivity index (χ0n) is 34.7. The van der Waals surface area contributed by atoms with Crippen LogP contribution in [0.1, 0.15) is 53.7 Å². The largest absolute Gasteiger partial charge is 0.492 e. The highest BCUT2D eigenvalue weighted by molar-refractivity contribution is 6.30. The average Bonchev–Trinajstić information content (AvgIpc) is 3.27. The number of carboxylic acids is 1. The van der Waals surface area contributed by atoms with E-state index in [4.69, 9.17) is 38.3 Å². The number of hydrogen-bond acceptors (Lipinski definition) is 11. The van der Waals surface area contributed by atoms with E-state index in [9.17, 15) is 29.1 Å². The van der Waals surface area contributed by atoms with Gasteiger partial charge in [0.25, 0.3) is 5.91 Å². The van der Waals surface area contributed by atoms with Crippen molar-refractivity contribution in [3.63, 3.8) is 0 Å². The van der Waals surface area contributed by atoms with Crippen molar-refractivity contribution in [3.8, 4) is 33.8 Å². The highest BCUT2D eigenvalue weighted by atomic mass is 35.5. The smallest absolute Gasteiger partial charge is 0.326 e. The van der Waals surface area contributed by atoms with Gasteiger partial charge in [0.2, 0.25) is 11.8 Å². The Kier molecular flexibility index (Phi) is 18.7. The molecule has 0 spiro atoms. The summed E-state index contributed by atoms with van der Waals surface area (Å²) in [5.41, 5.74) is 21.1. The molecule has 0 aliphatic rings. The van der Waals surface area contributed by atoms with Crippen LogP contribution in [0.15, 0.2) is 84.9 Å². The maximum Gasteiger partial charge on any atom is 0.326 e. The third-order valence-corrected chi connectivity index (χ3v) is 10.3. The van der Waals surface area contributed by atoms with Gasteiger partial charge in [-0.25, -0.2) is 4.79 Å². The van der Waals surface area contributed by atoms with Gasteiger partial charge in [0.15, 0.2) is 0 Å². The number of carbonyl (C=O) groups excluding carboxylic acids is 4. The summed E-state index contributed by atoms with van der Waals surface area (Å²) in [6.07, 6.45) is 1.97. The van der Waals surface area contributed by atoms with Crippen LogP contribution < -0.4 is 42.6 Å². The number of aliphatic carboxylic acids is 1. The van der Waals surface area contributed by atoms with Crippen molar-refractivity contribution in [1.82, 2.24) is 20.9 Å². The first-order chi connectivity index (χ1) is 29.4. The Morgan fingerprint density at radius 3 is 2.05 bits per heavy atom. The molecule has 4 rings (SSSR count). The number of unbranched alkanes of at least 4 members (excludes halogenated alkanes) is 1. The van der Waals surface area contributed by atoms with E-state index in [1.807, 2.05) is 24.3 Å². The molecule has 15 nitrogen and oxygen atoms in total. The Bertz CT molecular complexity index is 2120. The fraction of sp³-hybridized carbons (Fsp3) is 0.356. The Morgan fingerprint density at radius 1 is 0.803 bits per heavy atom. The minimum Gasteiger partial charge on any atom is -0.492 e. The summed E-state index contributed by atoms with van der Waals surface area (Å²) in [6.45, 7) is 2.69. The molecule has 10 N–H and O–H groups in total. The molecule has 0 saturated carbocycles. The minimum atomic E-state index is -1.26. The number of hydrogen-bond donors (Lipinski definition) is 7. The van der Waals surface area contributed by atoms with Crippen LogP contribution in [0, 0.1) is 0 Å². The summed E-state index contributed by atoms with van der Waals surface area (Å²) < 4.78 is 12.1. The highest BCUT2D eigenvalue weighted by Gasteiger charge is 2.31. The van der Waals surface area contributed by atoms with Crippen molar-refractivity contribution in [2.45, 2.75) is 56.8 Å². The third-order valence-electron chi connectivity index (χ3n) is 10.1. The average molecular weight is 858 g/mol. The number of nitrogens with zero attached hydrogens (tertiary/aromatic N) is 1. The van der Waals surface area contributed by atoms with Gasteiger partial charge in [-0.1, -0.05) is 54.1 Å². The molecule has 4 atom stereocenters. The summed E-state index contributed by atoms with van der Waals surface area (Å²) in [5.74, 6) is -1.91. The molecule has 3 amide bonds. The summed E-state index contributed by atoms with van der Waals surface area (Å²) >= 11 is 6.12. The number of ether oxygens (including phenoxy) is 2. The second-order valence-electron chi connectivity index (χ2n) is 14.4. The zero-order chi connectivity index (χ0) is 44.5. The van der Waals surface area contributed by atoms with Crippen molar-refractivity contribution >= 4 is 41.6 Å². The third kappa shape index (κ3) is 13.1. The summed E-state index contributed by atoms with van der Waals surface area (Å²) in [5, 5.41) is 18.9.